The second-order valence-corrected chi connectivity index (χ2v) is 5.58. The quantitative estimate of drug-likeness (QED) is 0.447. The highest BCUT2D eigenvalue weighted by Gasteiger charge is 2.09. The van der Waals surface area contributed by atoms with Gasteiger partial charge < -0.3 is 20.5 Å². The molecule has 0 saturated heterocycles. The summed E-state index contributed by atoms with van der Waals surface area (Å²) in [6, 6.07) is 5.86. The van der Waals surface area contributed by atoms with E-state index in [2.05, 4.69) is 10.3 Å². The van der Waals surface area contributed by atoms with Gasteiger partial charge in [0.15, 0.2) is 17.5 Å². The van der Waals surface area contributed by atoms with Crippen LogP contribution in [-0.2, 0) is 6.42 Å². The first kappa shape index (κ1) is 19.8. The smallest absolute Gasteiger partial charge is 0.188 e. The van der Waals surface area contributed by atoms with E-state index >= 15 is 0 Å². The number of halogens is 1. The molecular formula is C15H26IN3O2. The Morgan fingerprint density at radius 1 is 1.19 bits per heavy atom. The molecule has 0 radical (unpaired) electrons. The van der Waals surface area contributed by atoms with Gasteiger partial charge in [0, 0.05) is 12.1 Å². The summed E-state index contributed by atoms with van der Waals surface area (Å²) in [6.07, 6.45) is 0.798. The second-order valence-electron chi connectivity index (χ2n) is 5.58. The standard InChI is InChI=1S/C15H25N3O2.HI/c1-15(2,3)18-14(16)17-9-8-11-6-7-12(19-4)13(10-11)20-5;/h6-7,10H,8-9H2,1-5H3,(H3,16,17,18);1H. The Labute approximate surface area is 144 Å². The molecule has 21 heavy (non-hydrogen) atoms. The average Bonchev–Trinajstić information content (AvgIpc) is 2.36. The lowest BCUT2D eigenvalue weighted by Crippen LogP contribution is -2.45. The molecule has 0 aliphatic carbocycles. The van der Waals surface area contributed by atoms with E-state index in [4.69, 9.17) is 15.2 Å². The molecule has 0 atom stereocenters. The van der Waals surface area contributed by atoms with Crippen molar-refractivity contribution in [2.75, 3.05) is 20.8 Å². The van der Waals surface area contributed by atoms with Crippen LogP contribution in [0.1, 0.15) is 26.3 Å². The fourth-order valence-electron chi connectivity index (χ4n) is 1.77. The number of benzene rings is 1. The lowest BCUT2D eigenvalue weighted by atomic mass is 10.1. The largest absolute Gasteiger partial charge is 0.493 e. The van der Waals surface area contributed by atoms with Gasteiger partial charge in [0.2, 0.25) is 0 Å². The zero-order chi connectivity index (χ0) is 15.2. The van der Waals surface area contributed by atoms with Crippen molar-refractivity contribution in [3.8, 4) is 11.5 Å². The molecule has 0 bridgehead atoms. The molecule has 120 valence electrons. The number of nitrogens with zero attached hydrogens (tertiary/aromatic N) is 1. The maximum atomic E-state index is 5.82. The van der Waals surface area contributed by atoms with Gasteiger partial charge in [-0.1, -0.05) is 6.07 Å². The molecule has 6 heteroatoms. The molecule has 3 N–H and O–H groups in total. The summed E-state index contributed by atoms with van der Waals surface area (Å²) in [5, 5.41) is 3.13. The van der Waals surface area contributed by atoms with Gasteiger partial charge in [0.25, 0.3) is 0 Å². The van der Waals surface area contributed by atoms with Crippen LogP contribution < -0.4 is 20.5 Å². The number of methoxy groups -OCH3 is 2. The maximum absolute atomic E-state index is 5.82. The molecule has 0 unspecified atom stereocenters. The predicted octanol–water partition coefficient (Wildman–Crippen LogP) is 2.57. The summed E-state index contributed by atoms with van der Waals surface area (Å²) in [4.78, 5) is 4.31. The Kier molecular flexibility index (Phi) is 8.46. The first-order chi connectivity index (χ1) is 9.35. The highest BCUT2D eigenvalue weighted by atomic mass is 127. The maximum Gasteiger partial charge on any atom is 0.188 e. The van der Waals surface area contributed by atoms with Crippen LogP contribution >= 0.6 is 24.0 Å². The highest BCUT2D eigenvalue weighted by Crippen LogP contribution is 2.27. The zero-order valence-electron chi connectivity index (χ0n) is 13.4. The lowest BCUT2D eigenvalue weighted by Gasteiger charge is -2.20. The highest BCUT2D eigenvalue weighted by molar-refractivity contribution is 14.0. The second kappa shape index (κ2) is 8.96. The minimum Gasteiger partial charge on any atom is -0.493 e. The molecule has 0 aliphatic rings. The van der Waals surface area contributed by atoms with Crippen LogP contribution in [0.5, 0.6) is 11.5 Å². The van der Waals surface area contributed by atoms with Crippen molar-refractivity contribution in [2.45, 2.75) is 32.7 Å². The van der Waals surface area contributed by atoms with E-state index in [0.717, 1.165) is 23.5 Å². The molecule has 0 saturated carbocycles. The Morgan fingerprint density at radius 3 is 2.33 bits per heavy atom. The van der Waals surface area contributed by atoms with Crippen LogP contribution in [0, 0.1) is 0 Å². The Morgan fingerprint density at radius 2 is 1.81 bits per heavy atom. The number of guanidine groups is 1. The summed E-state index contributed by atoms with van der Waals surface area (Å²) in [6.45, 7) is 6.77. The van der Waals surface area contributed by atoms with Crippen molar-refractivity contribution in [1.29, 1.82) is 0 Å². The molecule has 1 rings (SSSR count). The van der Waals surface area contributed by atoms with Gasteiger partial charge in [-0.15, -0.1) is 24.0 Å². The SMILES string of the molecule is COc1ccc(CCN=C(N)NC(C)(C)C)cc1OC.I. The number of nitrogens with two attached hydrogens (primary N) is 1. The van der Waals surface area contributed by atoms with Crippen LogP contribution in [0.4, 0.5) is 0 Å². The molecule has 0 heterocycles. The van der Waals surface area contributed by atoms with Crippen molar-refractivity contribution in [3.05, 3.63) is 23.8 Å². The van der Waals surface area contributed by atoms with Gasteiger partial charge in [-0.2, -0.15) is 0 Å². The minimum absolute atomic E-state index is 0. The van der Waals surface area contributed by atoms with Crippen LogP contribution in [0.3, 0.4) is 0 Å². The van der Waals surface area contributed by atoms with Crippen molar-refractivity contribution in [1.82, 2.24) is 5.32 Å². The molecule has 1 aromatic carbocycles. The fraction of sp³-hybridized carbons (Fsp3) is 0.533. The van der Waals surface area contributed by atoms with Gasteiger partial charge >= 0.3 is 0 Å². The molecule has 5 nitrogen and oxygen atoms in total. The average molecular weight is 407 g/mol. The first-order valence-electron chi connectivity index (χ1n) is 6.64. The Bertz CT molecular complexity index is 470. The summed E-state index contributed by atoms with van der Waals surface area (Å²) >= 11 is 0. The molecule has 0 spiro atoms. The lowest BCUT2D eigenvalue weighted by molar-refractivity contribution is 0.354. The van der Waals surface area contributed by atoms with Gasteiger partial charge in [-0.25, -0.2) is 0 Å². The fourth-order valence-corrected chi connectivity index (χ4v) is 1.77. The number of rotatable bonds is 5. The third kappa shape index (κ3) is 7.40. The van der Waals surface area contributed by atoms with Crippen molar-refractivity contribution >= 4 is 29.9 Å². The first-order valence-corrected chi connectivity index (χ1v) is 6.64. The van der Waals surface area contributed by atoms with Gasteiger partial charge in [0.05, 0.1) is 14.2 Å². The molecular weight excluding hydrogens is 381 g/mol. The Hall–Kier alpha value is -1.18. The van der Waals surface area contributed by atoms with Gasteiger partial charge in [-0.3, -0.25) is 4.99 Å². The molecule has 0 aliphatic heterocycles. The molecule has 0 fully saturated rings. The van der Waals surface area contributed by atoms with Crippen molar-refractivity contribution in [2.24, 2.45) is 10.7 Å². The monoisotopic (exact) mass is 407 g/mol. The molecule has 0 amide bonds. The number of aliphatic imine (C=N–C) groups is 1. The van der Waals surface area contributed by atoms with E-state index < -0.39 is 0 Å². The summed E-state index contributed by atoms with van der Waals surface area (Å²) in [5.41, 5.74) is 6.88. The third-order valence-electron chi connectivity index (χ3n) is 2.63. The normalized spacial score (nSPS) is 11.6. The van der Waals surface area contributed by atoms with Gasteiger partial charge in [0.1, 0.15) is 0 Å². The molecule has 1 aromatic rings. The van der Waals surface area contributed by atoms with Crippen LogP contribution in [0.2, 0.25) is 0 Å². The van der Waals surface area contributed by atoms with E-state index in [-0.39, 0.29) is 29.5 Å². The van der Waals surface area contributed by atoms with E-state index in [9.17, 15) is 0 Å². The number of nitrogens with one attached hydrogen (secondary N) is 1. The van der Waals surface area contributed by atoms with E-state index in [1.54, 1.807) is 14.2 Å². The third-order valence-corrected chi connectivity index (χ3v) is 2.63. The van der Waals surface area contributed by atoms with E-state index in [1.165, 1.54) is 0 Å². The zero-order valence-corrected chi connectivity index (χ0v) is 15.7. The summed E-state index contributed by atoms with van der Waals surface area (Å²) in [7, 11) is 3.26. The number of hydrogen-bond donors (Lipinski definition) is 2. The van der Waals surface area contributed by atoms with Crippen molar-refractivity contribution in [3.63, 3.8) is 0 Å². The topological polar surface area (TPSA) is 68.9 Å². The number of hydrogen-bond acceptors (Lipinski definition) is 3. The molecule has 0 aromatic heterocycles. The summed E-state index contributed by atoms with van der Waals surface area (Å²) < 4.78 is 10.5. The van der Waals surface area contributed by atoms with E-state index in [1.807, 2.05) is 39.0 Å². The Balaban J connectivity index is 0.00000400. The summed E-state index contributed by atoms with van der Waals surface area (Å²) in [5.74, 6) is 1.93. The van der Waals surface area contributed by atoms with Crippen LogP contribution in [0.25, 0.3) is 0 Å². The van der Waals surface area contributed by atoms with Crippen molar-refractivity contribution < 1.29 is 9.47 Å². The minimum atomic E-state index is -0.0725. The van der Waals surface area contributed by atoms with Crippen LogP contribution in [-0.4, -0.2) is 32.3 Å². The predicted molar refractivity (Wildman–Crippen MR) is 98.0 cm³/mol. The van der Waals surface area contributed by atoms with Crippen LogP contribution in [0.15, 0.2) is 23.2 Å². The van der Waals surface area contributed by atoms with E-state index in [0.29, 0.717) is 12.5 Å². The van der Waals surface area contributed by atoms with Gasteiger partial charge in [-0.05, 0) is 44.9 Å². The number of ether oxygens (including phenoxy) is 2.